The van der Waals surface area contributed by atoms with E-state index in [9.17, 15) is 4.79 Å². The molecule has 146 valence electrons. The molecule has 7 heteroatoms. The minimum Gasteiger partial charge on any atom is -0.366 e. The van der Waals surface area contributed by atoms with Crippen molar-refractivity contribution in [1.82, 2.24) is 19.1 Å². The van der Waals surface area contributed by atoms with E-state index in [-0.39, 0.29) is 0 Å². The van der Waals surface area contributed by atoms with Crippen molar-refractivity contribution < 1.29 is 4.79 Å². The number of halogens is 1. The highest BCUT2D eigenvalue weighted by atomic mass is 35.5. The van der Waals surface area contributed by atoms with E-state index >= 15 is 0 Å². The van der Waals surface area contributed by atoms with Crippen molar-refractivity contribution in [3.8, 4) is 22.6 Å². The molecular formula is C23H16ClN5O. The fraction of sp³-hybridized carbons (Fsp3) is 0. The van der Waals surface area contributed by atoms with Crippen LogP contribution in [0, 0.1) is 0 Å². The monoisotopic (exact) mass is 413 g/mol. The summed E-state index contributed by atoms with van der Waals surface area (Å²) in [5, 5.41) is 1.50. The van der Waals surface area contributed by atoms with E-state index < -0.39 is 5.91 Å². The molecule has 30 heavy (non-hydrogen) atoms. The van der Waals surface area contributed by atoms with Crippen LogP contribution in [0.15, 0.2) is 85.7 Å². The lowest BCUT2D eigenvalue weighted by atomic mass is 10.2. The second-order valence-corrected chi connectivity index (χ2v) is 7.24. The fourth-order valence-electron chi connectivity index (χ4n) is 3.56. The van der Waals surface area contributed by atoms with Crippen LogP contribution in [-0.2, 0) is 0 Å². The molecule has 0 spiro atoms. The average molecular weight is 414 g/mol. The van der Waals surface area contributed by atoms with Crippen molar-refractivity contribution in [3.63, 3.8) is 0 Å². The van der Waals surface area contributed by atoms with E-state index in [1.54, 1.807) is 36.9 Å². The van der Waals surface area contributed by atoms with E-state index in [1.807, 2.05) is 57.9 Å². The predicted octanol–water partition coefficient (Wildman–Crippen LogP) is 4.63. The number of carbonyl (C=O) groups is 1. The molecule has 5 aromatic rings. The molecule has 0 unspecified atom stereocenters. The molecule has 0 radical (unpaired) electrons. The van der Waals surface area contributed by atoms with Crippen molar-refractivity contribution in [2.75, 3.05) is 0 Å². The van der Waals surface area contributed by atoms with Crippen LogP contribution in [0.2, 0.25) is 5.02 Å². The summed E-state index contributed by atoms with van der Waals surface area (Å²) >= 11 is 6.44. The highest BCUT2D eigenvalue weighted by molar-refractivity contribution is 6.32. The molecule has 0 bridgehead atoms. The van der Waals surface area contributed by atoms with Crippen molar-refractivity contribution >= 4 is 28.4 Å². The lowest BCUT2D eigenvalue weighted by Crippen LogP contribution is -2.11. The summed E-state index contributed by atoms with van der Waals surface area (Å²) in [6.07, 6.45) is 9.27. The van der Waals surface area contributed by atoms with E-state index in [1.165, 1.54) is 0 Å². The van der Waals surface area contributed by atoms with Crippen molar-refractivity contribution in [3.05, 3.63) is 96.3 Å². The zero-order chi connectivity index (χ0) is 20.7. The van der Waals surface area contributed by atoms with Gasteiger partial charge in [-0.1, -0.05) is 17.7 Å². The van der Waals surface area contributed by atoms with Gasteiger partial charge >= 0.3 is 0 Å². The summed E-state index contributed by atoms with van der Waals surface area (Å²) in [5.41, 5.74) is 10.3. The predicted molar refractivity (Wildman–Crippen MR) is 117 cm³/mol. The average Bonchev–Trinajstić information content (AvgIpc) is 3.42. The van der Waals surface area contributed by atoms with Gasteiger partial charge in [-0.3, -0.25) is 9.78 Å². The Morgan fingerprint density at radius 2 is 1.93 bits per heavy atom. The number of hydrogen-bond acceptors (Lipinski definition) is 3. The molecule has 0 aliphatic heterocycles. The molecule has 0 saturated heterocycles. The second-order valence-electron chi connectivity index (χ2n) is 6.83. The van der Waals surface area contributed by atoms with E-state index in [0.717, 1.165) is 33.5 Å². The number of nitrogens with two attached hydrogens (primary N) is 1. The summed E-state index contributed by atoms with van der Waals surface area (Å²) in [4.78, 5) is 20.1. The summed E-state index contributed by atoms with van der Waals surface area (Å²) in [6, 6.07) is 17.0. The Bertz CT molecular complexity index is 1390. The van der Waals surface area contributed by atoms with Gasteiger partial charge in [-0.15, -0.1) is 0 Å². The third-order valence-electron chi connectivity index (χ3n) is 5.02. The molecular weight excluding hydrogens is 398 g/mol. The quantitative estimate of drug-likeness (QED) is 0.466. The Kier molecular flexibility index (Phi) is 4.34. The second kappa shape index (κ2) is 7.17. The number of rotatable bonds is 4. The highest BCUT2D eigenvalue weighted by Crippen LogP contribution is 2.30. The number of hydrogen-bond donors (Lipinski definition) is 1. The van der Waals surface area contributed by atoms with Crippen LogP contribution in [0.4, 0.5) is 0 Å². The third kappa shape index (κ3) is 3.03. The lowest BCUT2D eigenvalue weighted by molar-refractivity contribution is 0.100. The molecule has 2 aromatic carbocycles. The molecule has 0 aliphatic rings. The van der Waals surface area contributed by atoms with Gasteiger partial charge in [0, 0.05) is 41.3 Å². The van der Waals surface area contributed by atoms with Gasteiger partial charge in [0.05, 0.1) is 33.9 Å². The maximum atomic E-state index is 11.4. The van der Waals surface area contributed by atoms with Gasteiger partial charge in [-0.25, -0.2) is 4.98 Å². The fourth-order valence-corrected chi connectivity index (χ4v) is 3.83. The first-order valence-electron chi connectivity index (χ1n) is 9.26. The number of primary amides is 1. The number of carbonyl (C=O) groups excluding carboxylic acids is 1. The van der Waals surface area contributed by atoms with Gasteiger partial charge in [-0.2, -0.15) is 0 Å². The van der Waals surface area contributed by atoms with Crippen molar-refractivity contribution in [2.45, 2.75) is 0 Å². The van der Waals surface area contributed by atoms with Crippen molar-refractivity contribution in [2.24, 2.45) is 5.73 Å². The van der Waals surface area contributed by atoms with E-state index in [2.05, 4.69) is 9.97 Å². The Hall–Kier alpha value is -3.90. The standard InChI is InChI=1S/C23H16ClN5O/c24-18-11-15(23(25)30)6-7-22(18)29-10-8-17-20(4-1-5-21(17)29)28-13-19(27-14-28)16-3-2-9-26-12-16/h1-14H,(H2,25,30). The van der Waals surface area contributed by atoms with Gasteiger partial charge in [-0.05, 0) is 48.5 Å². The Balaban J connectivity index is 1.60. The number of fused-ring (bicyclic) bond motifs is 1. The van der Waals surface area contributed by atoms with Crippen LogP contribution in [0.3, 0.4) is 0 Å². The normalized spacial score (nSPS) is 11.1. The lowest BCUT2D eigenvalue weighted by Gasteiger charge is -2.10. The molecule has 6 nitrogen and oxygen atoms in total. The largest absolute Gasteiger partial charge is 0.366 e. The molecule has 5 rings (SSSR count). The van der Waals surface area contributed by atoms with Gasteiger partial charge in [0.15, 0.2) is 0 Å². The molecule has 0 aliphatic carbocycles. The Labute approximate surface area is 177 Å². The summed E-state index contributed by atoms with van der Waals surface area (Å²) in [6.45, 7) is 0. The highest BCUT2D eigenvalue weighted by Gasteiger charge is 2.13. The number of nitrogens with zero attached hydrogens (tertiary/aromatic N) is 4. The van der Waals surface area contributed by atoms with Gasteiger partial charge in [0.2, 0.25) is 5.91 Å². The smallest absolute Gasteiger partial charge is 0.248 e. The molecule has 2 N–H and O–H groups in total. The van der Waals surface area contributed by atoms with Crippen LogP contribution in [0.5, 0.6) is 0 Å². The van der Waals surface area contributed by atoms with Crippen LogP contribution in [-0.4, -0.2) is 25.0 Å². The summed E-state index contributed by atoms with van der Waals surface area (Å²) in [5.74, 6) is -0.507. The van der Waals surface area contributed by atoms with E-state index in [4.69, 9.17) is 17.3 Å². The van der Waals surface area contributed by atoms with Crippen LogP contribution >= 0.6 is 11.6 Å². The molecule has 3 aromatic heterocycles. The van der Waals surface area contributed by atoms with E-state index in [0.29, 0.717) is 10.6 Å². The topological polar surface area (TPSA) is 78.7 Å². The number of amides is 1. The summed E-state index contributed by atoms with van der Waals surface area (Å²) in [7, 11) is 0. The molecule has 3 heterocycles. The number of pyridine rings is 1. The van der Waals surface area contributed by atoms with Gasteiger partial charge < -0.3 is 14.9 Å². The zero-order valence-electron chi connectivity index (χ0n) is 15.7. The first kappa shape index (κ1) is 18.1. The maximum Gasteiger partial charge on any atom is 0.248 e. The van der Waals surface area contributed by atoms with Gasteiger partial charge in [0.1, 0.15) is 0 Å². The summed E-state index contributed by atoms with van der Waals surface area (Å²) < 4.78 is 3.98. The molecule has 0 fully saturated rings. The third-order valence-corrected chi connectivity index (χ3v) is 5.32. The van der Waals surface area contributed by atoms with Crippen LogP contribution < -0.4 is 5.73 Å². The van der Waals surface area contributed by atoms with Gasteiger partial charge in [0.25, 0.3) is 0 Å². The van der Waals surface area contributed by atoms with Crippen LogP contribution in [0.1, 0.15) is 10.4 Å². The zero-order valence-corrected chi connectivity index (χ0v) is 16.5. The van der Waals surface area contributed by atoms with Crippen molar-refractivity contribution in [1.29, 1.82) is 0 Å². The number of imidazole rings is 1. The Morgan fingerprint density at radius 3 is 2.70 bits per heavy atom. The molecule has 0 saturated carbocycles. The maximum absolute atomic E-state index is 11.4. The first-order chi connectivity index (χ1) is 14.6. The number of benzene rings is 2. The molecule has 1 amide bonds. The number of aromatic nitrogens is 4. The SMILES string of the molecule is NC(=O)c1ccc(-n2ccc3c(-n4cnc(-c5cccnc5)c4)cccc32)c(Cl)c1. The minimum absolute atomic E-state index is 0.377. The minimum atomic E-state index is -0.507. The van der Waals surface area contributed by atoms with Crippen LogP contribution in [0.25, 0.3) is 33.5 Å². The first-order valence-corrected chi connectivity index (χ1v) is 9.64. The Morgan fingerprint density at radius 1 is 1.03 bits per heavy atom. The molecule has 0 atom stereocenters.